The van der Waals surface area contributed by atoms with E-state index in [1.165, 1.54) is 21.4 Å². The van der Waals surface area contributed by atoms with Crippen LogP contribution in [0.25, 0.3) is 0 Å². The van der Waals surface area contributed by atoms with E-state index in [4.69, 9.17) is 0 Å². The van der Waals surface area contributed by atoms with Crippen LogP contribution in [0.2, 0.25) is 0 Å². The average molecular weight is 400 g/mol. The molecule has 2 aliphatic heterocycles. The predicted octanol–water partition coefficient (Wildman–Crippen LogP) is 1.52. The number of hydrazine groups is 1. The van der Waals surface area contributed by atoms with Crippen molar-refractivity contribution in [1.82, 2.24) is 19.8 Å². The van der Waals surface area contributed by atoms with Crippen LogP contribution in [-0.2, 0) is 16.0 Å². The van der Waals surface area contributed by atoms with Crippen LogP contribution in [-0.4, -0.2) is 63.8 Å². The summed E-state index contributed by atoms with van der Waals surface area (Å²) in [5.41, 5.74) is 0.788. The van der Waals surface area contributed by atoms with E-state index in [0.29, 0.717) is 50.0 Å². The molecule has 2 aromatic heterocycles. The zero-order valence-electron chi connectivity index (χ0n) is 15.4. The molecule has 2 saturated heterocycles. The average Bonchev–Trinajstić information content (AvgIpc) is 3.17. The van der Waals surface area contributed by atoms with Gasteiger partial charge in [0.25, 0.3) is 0 Å². The number of aromatic nitrogens is 2. The first-order valence-corrected chi connectivity index (χ1v) is 9.95. The van der Waals surface area contributed by atoms with Gasteiger partial charge in [-0.1, -0.05) is 6.07 Å². The summed E-state index contributed by atoms with van der Waals surface area (Å²) < 4.78 is 0. The predicted molar refractivity (Wildman–Crippen MR) is 104 cm³/mol. The Morgan fingerprint density at radius 3 is 2.54 bits per heavy atom. The van der Waals surface area contributed by atoms with Crippen LogP contribution in [0, 0.1) is 0 Å². The quantitative estimate of drug-likeness (QED) is 0.710. The molecule has 4 heterocycles. The highest BCUT2D eigenvalue weighted by Crippen LogP contribution is 2.35. The molecule has 0 aliphatic carbocycles. The van der Waals surface area contributed by atoms with Gasteiger partial charge in [-0.25, -0.2) is 14.8 Å². The van der Waals surface area contributed by atoms with Gasteiger partial charge < -0.3 is 9.80 Å². The standard InChI is InChI=1S/C18H20N6O3S/c1-13(25)21-8-10-22(11-9-21)16(26)6-5-14-12-28-17(20-14)24-18(27)23(24)15-4-2-3-7-19-15/h2-4,7,12H,5-6,8-11H2,1H3. The Kier molecular flexibility index (Phi) is 4.95. The van der Waals surface area contributed by atoms with Crippen molar-refractivity contribution < 1.29 is 14.4 Å². The van der Waals surface area contributed by atoms with Gasteiger partial charge in [0.1, 0.15) is 0 Å². The lowest BCUT2D eigenvalue weighted by atomic mass is 10.2. The number of thiazole rings is 1. The number of hydrogen-bond donors (Lipinski definition) is 0. The van der Waals surface area contributed by atoms with E-state index in [-0.39, 0.29) is 17.8 Å². The number of anilines is 2. The minimum atomic E-state index is -0.168. The Bertz CT molecular complexity index is 894. The molecule has 0 aromatic carbocycles. The first-order chi connectivity index (χ1) is 13.5. The minimum Gasteiger partial charge on any atom is -0.339 e. The Labute approximate surface area is 166 Å². The van der Waals surface area contributed by atoms with Crippen LogP contribution in [0.5, 0.6) is 0 Å². The maximum atomic E-state index is 12.4. The van der Waals surface area contributed by atoms with Crippen LogP contribution < -0.4 is 10.0 Å². The summed E-state index contributed by atoms with van der Waals surface area (Å²) >= 11 is 1.37. The number of piperazine rings is 1. The maximum absolute atomic E-state index is 12.4. The Morgan fingerprint density at radius 2 is 1.86 bits per heavy atom. The summed E-state index contributed by atoms with van der Waals surface area (Å²) in [5.74, 6) is 0.672. The number of rotatable bonds is 5. The number of aryl methyl sites for hydroxylation is 1. The molecular weight excluding hydrogens is 380 g/mol. The number of carbonyl (C=O) groups is 3. The van der Waals surface area contributed by atoms with Crippen LogP contribution in [0.3, 0.4) is 0 Å². The molecule has 0 N–H and O–H groups in total. The molecule has 0 bridgehead atoms. The van der Waals surface area contributed by atoms with E-state index in [2.05, 4.69) is 9.97 Å². The molecule has 10 heteroatoms. The lowest BCUT2D eigenvalue weighted by Crippen LogP contribution is -2.50. The molecule has 2 aromatic rings. The lowest BCUT2D eigenvalue weighted by Gasteiger charge is -2.34. The van der Waals surface area contributed by atoms with Gasteiger partial charge in [0, 0.05) is 51.1 Å². The van der Waals surface area contributed by atoms with E-state index in [0.717, 1.165) is 5.69 Å². The minimum absolute atomic E-state index is 0.0477. The van der Waals surface area contributed by atoms with Gasteiger partial charge in [0.05, 0.1) is 5.69 Å². The SMILES string of the molecule is CC(=O)N1CCN(C(=O)CCc2csc(N3C(=O)N3c3ccccn3)n2)CC1. The van der Waals surface area contributed by atoms with Crippen molar-refractivity contribution in [2.75, 3.05) is 36.2 Å². The number of amides is 4. The molecule has 0 atom stereocenters. The van der Waals surface area contributed by atoms with Gasteiger partial charge in [-0.2, -0.15) is 10.0 Å². The first-order valence-electron chi connectivity index (χ1n) is 9.07. The fourth-order valence-corrected chi connectivity index (χ4v) is 3.99. The van der Waals surface area contributed by atoms with Gasteiger partial charge in [-0.3, -0.25) is 9.59 Å². The van der Waals surface area contributed by atoms with E-state index in [9.17, 15) is 14.4 Å². The van der Waals surface area contributed by atoms with Gasteiger partial charge in [-0.15, -0.1) is 11.3 Å². The number of carbonyl (C=O) groups excluding carboxylic acids is 3. The van der Waals surface area contributed by atoms with E-state index >= 15 is 0 Å². The van der Waals surface area contributed by atoms with Crippen molar-refractivity contribution in [2.45, 2.75) is 19.8 Å². The van der Waals surface area contributed by atoms with Crippen molar-refractivity contribution in [3.05, 3.63) is 35.5 Å². The lowest BCUT2D eigenvalue weighted by molar-refractivity contribution is -0.138. The summed E-state index contributed by atoms with van der Waals surface area (Å²) in [6.45, 7) is 3.86. The normalized spacial score (nSPS) is 16.5. The third-order valence-electron chi connectivity index (χ3n) is 4.78. The van der Waals surface area contributed by atoms with Crippen LogP contribution in [0.15, 0.2) is 29.8 Å². The molecule has 28 heavy (non-hydrogen) atoms. The zero-order valence-corrected chi connectivity index (χ0v) is 16.3. The summed E-state index contributed by atoms with van der Waals surface area (Å²) in [4.78, 5) is 48.0. The second-order valence-corrected chi connectivity index (χ2v) is 7.44. The fraction of sp³-hybridized carbons (Fsp3) is 0.389. The largest absolute Gasteiger partial charge is 0.371 e. The van der Waals surface area contributed by atoms with Gasteiger partial charge >= 0.3 is 6.03 Å². The molecule has 9 nitrogen and oxygen atoms in total. The summed E-state index contributed by atoms with van der Waals surface area (Å²) in [6, 6.07) is 5.21. The molecular formula is C18H20N6O3S. The van der Waals surface area contributed by atoms with E-state index < -0.39 is 0 Å². The van der Waals surface area contributed by atoms with Gasteiger partial charge in [0.15, 0.2) is 5.82 Å². The summed E-state index contributed by atoms with van der Waals surface area (Å²) in [7, 11) is 0. The second kappa shape index (κ2) is 7.55. The molecule has 4 rings (SSSR count). The molecule has 0 spiro atoms. The fourth-order valence-electron chi connectivity index (χ4n) is 3.15. The van der Waals surface area contributed by atoms with Crippen LogP contribution >= 0.6 is 11.3 Å². The van der Waals surface area contributed by atoms with Crippen LogP contribution in [0.1, 0.15) is 19.0 Å². The molecule has 2 aliphatic rings. The number of nitrogens with zero attached hydrogens (tertiary/aromatic N) is 6. The number of urea groups is 1. The van der Waals surface area contributed by atoms with E-state index in [1.807, 2.05) is 11.4 Å². The number of hydrogen-bond acceptors (Lipinski definition) is 6. The highest BCUT2D eigenvalue weighted by atomic mass is 32.1. The molecule has 2 fully saturated rings. The van der Waals surface area contributed by atoms with Crippen molar-refractivity contribution >= 4 is 40.1 Å². The molecule has 0 radical (unpaired) electrons. The zero-order chi connectivity index (χ0) is 19.7. The van der Waals surface area contributed by atoms with Crippen LogP contribution in [0.4, 0.5) is 15.7 Å². The summed E-state index contributed by atoms with van der Waals surface area (Å²) in [6.07, 6.45) is 2.52. The monoisotopic (exact) mass is 400 g/mol. The van der Waals surface area contributed by atoms with E-state index in [1.54, 1.807) is 35.1 Å². The highest BCUT2D eigenvalue weighted by molar-refractivity contribution is 7.14. The topological polar surface area (TPSA) is 89.5 Å². The van der Waals surface area contributed by atoms with Crippen molar-refractivity contribution in [2.24, 2.45) is 0 Å². The van der Waals surface area contributed by atoms with Crippen molar-refractivity contribution in [3.8, 4) is 0 Å². The molecule has 4 amide bonds. The Morgan fingerprint density at radius 1 is 1.11 bits per heavy atom. The third-order valence-corrected chi connectivity index (χ3v) is 5.65. The Hall–Kier alpha value is -3.01. The highest BCUT2D eigenvalue weighted by Gasteiger charge is 2.48. The molecule has 146 valence electrons. The smallest absolute Gasteiger partial charge is 0.339 e. The third kappa shape index (κ3) is 3.68. The maximum Gasteiger partial charge on any atom is 0.371 e. The van der Waals surface area contributed by atoms with Gasteiger partial charge in [0.2, 0.25) is 16.9 Å². The summed E-state index contributed by atoms with van der Waals surface area (Å²) in [5, 5.41) is 5.38. The molecule has 0 saturated carbocycles. The molecule has 0 unspecified atom stereocenters. The Balaban J connectivity index is 1.29. The van der Waals surface area contributed by atoms with Crippen molar-refractivity contribution in [1.29, 1.82) is 0 Å². The number of pyridine rings is 1. The van der Waals surface area contributed by atoms with Gasteiger partial charge in [-0.05, 0) is 18.6 Å². The first kappa shape index (κ1) is 18.4. The van der Waals surface area contributed by atoms with Crippen molar-refractivity contribution in [3.63, 3.8) is 0 Å². The second-order valence-electron chi connectivity index (χ2n) is 6.60.